The number of fused-ring (bicyclic) bond motifs is 1. The van der Waals surface area contributed by atoms with Crippen LogP contribution in [0.25, 0.3) is 32.6 Å². The van der Waals surface area contributed by atoms with Crippen molar-refractivity contribution in [1.29, 1.82) is 0 Å². The molecular weight excluding hydrogens is 583 g/mol. The molecule has 1 fully saturated rings. The highest BCUT2D eigenvalue weighted by atomic mass is 35.5. The number of esters is 1. The van der Waals surface area contributed by atoms with Crippen LogP contribution in [-0.4, -0.2) is 39.7 Å². The van der Waals surface area contributed by atoms with Gasteiger partial charge in [0.15, 0.2) is 5.69 Å². The van der Waals surface area contributed by atoms with Gasteiger partial charge in [0.05, 0.1) is 17.1 Å². The zero-order chi connectivity index (χ0) is 29.5. The average molecular weight is 606 g/mol. The maximum absolute atomic E-state index is 13.5. The van der Waals surface area contributed by atoms with Crippen LogP contribution in [0.4, 0.5) is 23.8 Å². The van der Waals surface area contributed by atoms with E-state index in [1.807, 2.05) is 4.57 Å². The maximum Gasteiger partial charge on any atom is 0.434 e. The molecule has 4 aromatic rings. The number of nitrogens with zero attached hydrogens (tertiary/aromatic N) is 3. The lowest BCUT2D eigenvalue weighted by molar-refractivity contribution is -0.140. The van der Waals surface area contributed by atoms with Gasteiger partial charge in [-0.1, -0.05) is 11.6 Å². The Morgan fingerprint density at radius 2 is 1.93 bits per heavy atom. The largest absolute Gasteiger partial charge is 0.462 e. The quantitative estimate of drug-likeness (QED) is 0.232. The normalized spacial score (nSPS) is 13.3. The predicted molar refractivity (Wildman–Crippen MR) is 149 cm³/mol. The SMILES string of the molecule is CCNC(=O)Nc1cc(-c2nc(C(F)(F)F)cs2)c(-c2cc3c(=O)c(C(=O)OCC)cn(C4CC4)c3cc2Cl)cn1. The lowest BCUT2D eigenvalue weighted by atomic mass is 9.99. The Kier molecular flexibility index (Phi) is 7.75. The lowest BCUT2D eigenvalue weighted by Crippen LogP contribution is -2.28. The van der Waals surface area contributed by atoms with Crippen molar-refractivity contribution in [2.75, 3.05) is 18.5 Å². The highest BCUT2D eigenvalue weighted by Gasteiger charge is 2.34. The minimum atomic E-state index is -4.66. The Morgan fingerprint density at radius 3 is 2.56 bits per heavy atom. The molecule has 3 aromatic heterocycles. The highest BCUT2D eigenvalue weighted by molar-refractivity contribution is 7.13. The Morgan fingerprint density at radius 1 is 1.17 bits per heavy atom. The third-order valence-electron chi connectivity index (χ3n) is 6.35. The van der Waals surface area contributed by atoms with Crippen LogP contribution in [0.1, 0.15) is 48.8 Å². The van der Waals surface area contributed by atoms with Gasteiger partial charge in [0.25, 0.3) is 0 Å². The number of ether oxygens (including phenoxy) is 1. The lowest BCUT2D eigenvalue weighted by Gasteiger charge is -2.16. The summed E-state index contributed by atoms with van der Waals surface area (Å²) in [4.78, 5) is 46.2. The van der Waals surface area contributed by atoms with Crippen molar-refractivity contribution in [3.8, 4) is 21.7 Å². The molecule has 2 amide bonds. The summed E-state index contributed by atoms with van der Waals surface area (Å²) in [5.74, 6) is -0.688. The zero-order valence-corrected chi connectivity index (χ0v) is 23.3. The molecule has 1 saturated carbocycles. The molecule has 0 atom stereocenters. The van der Waals surface area contributed by atoms with E-state index in [0.29, 0.717) is 12.1 Å². The second kappa shape index (κ2) is 11.1. The summed E-state index contributed by atoms with van der Waals surface area (Å²) >= 11 is 7.49. The Balaban J connectivity index is 1.72. The van der Waals surface area contributed by atoms with Gasteiger partial charge in [-0.2, -0.15) is 13.2 Å². The van der Waals surface area contributed by atoms with Crippen molar-refractivity contribution in [2.24, 2.45) is 0 Å². The van der Waals surface area contributed by atoms with Crippen LogP contribution >= 0.6 is 22.9 Å². The van der Waals surface area contributed by atoms with Crippen molar-refractivity contribution in [2.45, 2.75) is 38.9 Å². The molecule has 3 heterocycles. The first kappa shape index (κ1) is 28.6. The molecule has 214 valence electrons. The number of halogens is 4. The summed E-state index contributed by atoms with van der Waals surface area (Å²) in [6.07, 6.45) is -0.118. The molecule has 0 saturated heterocycles. The van der Waals surface area contributed by atoms with Crippen molar-refractivity contribution in [1.82, 2.24) is 19.9 Å². The molecule has 2 N–H and O–H groups in total. The molecule has 0 aliphatic heterocycles. The fourth-order valence-electron chi connectivity index (χ4n) is 4.35. The molecule has 0 unspecified atom stereocenters. The summed E-state index contributed by atoms with van der Waals surface area (Å²) in [5, 5.41) is 6.37. The van der Waals surface area contributed by atoms with Crippen LogP contribution in [0, 0.1) is 0 Å². The van der Waals surface area contributed by atoms with Crippen molar-refractivity contribution in [3.05, 3.63) is 62.5 Å². The third kappa shape index (κ3) is 5.77. The smallest absolute Gasteiger partial charge is 0.434 e. The first-order valence-electron chi connectivity index (χ1n) is 12.7. The number of urea groups is 1. The van der Waals surface area contributed by atoms with Gasteiger partial charge in [0.2, 0.25) is 5.43 Å². The van der Waals surface area contributed by atoms with E-state index >= 15 is 0 Å². The van der Waals surface area contributed by atoms with Gasteiger partial charge in [-0.05, 0) is 44.9 Å². The van der Waals surface area contributed by atoms with Crippen molar-refractivity contribution in [3.63, 3.8) is 0 Å². The van der Waals surface area contributed by atoms with E-state index in [-0.39, 0.29) is 56.1 Å². The molecule has 1 aromatic carbocycles. The van der Waals surface area contributed by atoms with Crippen LogP contribution in [0.3, 0.4) is 0 Å². The topological polar surface area (TPSA) is 115 Å². The fraction of sp³-hybridized carbons (Fsp3) is 0.296. The van der Waals surface area contributed by atoms with Crippen LogP contribution in [0.2, 0.25) is 5.02 Å². The number of hydrogen-bond acceptors (Lipinski definition) is 7. The molecule has 5 rings (SSSR count). The molecule has 1 aliphatic rings. The Hall–Kier alpha value is -3.97. The number of anilines is 1. The van der Waals surface area contributed by atoms with Gasteiger partial charge in [0, 0.05) is 52.4 Å². The van der Waals surface area contributed by atoms with Gasteiger partial charge < -0.3 is 14.6 Å². The molecule has 0 bridgehead atoms. The van der Waals surface area contributed by atoms with E-state index < -0.39 is 29.3 Å². The second-order valence-corrected chi connectivity index (χ2v) is 10.5. The standard InChI is InChI=1S/C27H23ClF3N5O4S/c1-3-32-26(39)35-22-8-15(24-34-21(12-41-24)27(29,30)31)17(10-33-22)14-7-16-20(9-19(14)28)36(13-5-6-13)11-18(23(16)37)25(38)40-4-2/h7-13H,3-6H2,1-2H3,(H2,32,33,35,39). The molecular formula is C27H23ClF3N5O4S. The summed E-state index contributed by atoms with van der Waals surface area (Å²) in [7, 11) is 0. The molecule has 14 heteroatoms. The van der Waals surface area contributed by atoms with E-state index in [1.54, 1.807) is 19.9 Å². The van der Waals surface area contributed by atoms with Gasteiger partial charge in [-0.3, -0.25) is 10.1 Å². The number of rotatable bonds is 7. The summed E-state index contributed by atoms with van der Waals surface area (Å²) in [5.41, 5.74) is -0.486. The Labute approximate surface area is 240 Å². The van der Waals surface area contributed by atoms with Crippen molar-refractivity contribution >= 4 is 51.7 Å². The number of benzene rings is 1. The number of carbonyl (C=O) groups is 2. The highest BCUT2D eigenvalue weighted by Crippen LogP contribution is 2.43. The van der Waals surface area contributed by atoms with Crippen LogP contribution in [0.15, 0.2) is 40.8 Å². The van der Waals surface area contributed by atoms with E-state index in [9.17, 15) is 27.6 Å². The molecule has 0 radical (unpaired) electrons. The number of pyridine rings is 2. The third-order valence-corrected chi connectivity index (χ3v) is 7.54. The molecule has 0 spiro atoms. The summed E-state index contributed by atoms with van der Waals surface area (Å²) < 4.78 is 47.1. The van der Waals surface area contributed by atoms with E-state index in [2.05, 4.69) is 20.6 Å². The minimum absolute atomic E-state index is 0.000467. The minimum Gasteiger partial charge on any atom is -0.462 e. The van der Waals surface area contributed by atoms with Gasteiger partial charge in [-0.15, -0.1) is 11.3 Å². The number of hydrogen-bond donors (Lipinski definition) is 2. The van der Waals surface area contributed by atoms with E-state index in [1.165, 1.54) is 24.5 Å². The van der Waals surface area contributed by atoms with Gasteiger partial charge >= 0.3 is 18.2 Å². The van der Waals surface area contributed by atoms with Gasteiger partial charge in [0.1, 0.15) is 16.4 Å². The van der Waals surface area contributed by atoms with E-state index in [0.717, 1.165) is 29.6 Å². The summed E-state index contributed by atoms with van der Waals surface area (Å²) in [6.45, 7) is 3.79. The summed E-state index contributed by atoms with van der Waals surface area (Å²) in [6, 6.07) is 4.01. The number of alkyl halides is 3. The van der Waals surface area contributed by atoms with Crippen LogP contribution in [-0.2, 0) is 10.9 Å². The number of aromatic nitrogens is 3. The van der Waals surface area contributed by atoms with Crippen molar-refractivity contribution < 1.29 is 27.5 Å². The molecule has 41 heavy (non-hydrogen) atoms. The fourth-order valence-corrected chi connectivity index (χ4v) is 5.47. The Bertz CT molecular complexity index is 1730. The van der Waals surface area contributed by atoms with Gasteiger partial charge in [-0.25, -0.2) is 19.6 Å². The second-order valence-electron chi connectivity index (χ2n) is 9.22. The van der Waals surface area contributed by atoms with Crippen LogP contribution < -0.4 is 16.1 Å². The number of nitrogens with one attached hydrogen (secondary N) is 2. The van der Waals surface area contributed by atoms with E-state index in [4.69, 9.17) is 16.3 Å². The molecule has 9 nitrogen and oxygen atoms in total. The zero-order valence-electron chi connectivity index (χ0n) is 21.8. The first-order valence-corrected chi connectivity index (χ1v) is 13.9. The number of thiazole rings is 1. The molecule has 1 aliphatic carbocycles. The first-order chi connectivity index (χ1) is 19.5. The average Bonchev–Trinajstić information content (AvgIpc) is 3.62. The number of carbonyl (C=O) groups excluding carboxylic acids is 2. The predicted octanol–water partition coefficient (Wildman–Crippen LogP) is 6.51. The monoisotopic (exact) mass is 605 g/mol. The van der Waals surface area contributed by atoms with Crippen LogP contribution in [0.5, 0.6) is 0 Å². The number of amides is 2. The maximum atomic E-state index is 13.5.